The second kappa shape index (κ2) is 5.99. The van der Waals surface area contributed by atoms with Gasteiger partial charge in [-0.15, -0.1) is 0 Å². The molecule has 0 spiro atoms. The molecular weight excluding hydrogens is 358 g/mol. The second-order valence-corrected chi connectivity index (χ2v) is 6.73. The molecule has 112 valence electrons. The Balaban J connectivity index is 2.14. The molecule has 22 heavy (non-hydrogen) atoms. The molecule has 2 aromatic carbocycles. The minimum absolute atomic E-state index is 0.123. The molecule has 2 nitrogen and oxygen atoms in total. The van der Waals surface area contributed by atoms with Crippen molar-refractivity contribution in [3.05, 3.63) is 60.7 Å². The Morgan fingerprint density at radius 2 is 1.36 bits per heavy atom. The first-order chi connectivity index (χ1) is 10.5. The van der Waals surface area contributed by atoms with Crippen LogP contribution in [0.15, 0.2) is 65.2 Å². The third kappa shape index (κ3) is 3.24. The van der Waals surface area contributed by atoms with Crippen molar-refractivity contribution in [3.8, 4) is 22.6 Å². The molecule has 0 aliphatic carbocycles. The maximum atomic E-state index is 13.0. The van der Waals surface area contributed by atoms with Crippen LogP contribution >= 0.6 is 0 Å². The quantitative estimate of drug-likeness (QED) is 0.657. The van der Waals surface area contributed by atoms with Crippen LogP contribution < -0.4 is 4.46 Å². The number of alkyl halides is 3. The zero-order valence-corrected chi connectivity index (χ0v) is 12.9. The van der Waals surface area contributed by atoms with Gasteiger partial charge in [0.1, 0.15) is 0 Å². The van der Waals surface area contributed by atoms with Crippen LogP contribution in [0.1, 0.15) is 0 Å². The van der Waals surface area contributed by atoms with E-state index in [0.717, 1.165) is 0 Å². The second-order valence-electron chi connectivity index (χ2n) is 4.47. The molecule has 0 radical (unpaired) electrons. The van der Waals surface area contributed by atoms with E-state index in [1.54, 1.807) is 60.7 Å². The van der Waals surface area contributed by atoms with Gasteiger partial charge in [0.05, 0.1) is 0 Å². The first-order valence-corrected chi connectivity index (χ1v) is 8.12. The van der Waals surface area contributed by atoms with Crippen LogP contribution in [-0.2, 0) is 0 Å². The van der Waals surface area contributed by atoms with E-state index in [-0.39, 0.29) is 15.9 Å². The molecule has 1 heterocycles. The summed E-state index contributed by atoms with van der Waals surface area (Å²) in [5.74, 6) is 0.191. The normalized spacial score (nSPS) is 11.6. The molecule has 0 unspecified atom stereocenters. The molecule has 0 fully saturated rings. The van der Waals surface area contributed by atoms with Gasteiger partial charge in [-0.2, -0.15) is 0 Å². The molecule has 3 rings (SSSR count). The van der Waals surface area contributed by atoms with Crippen molar-refractivity contribution >= 4 is 19.4 Å². The molecule has 0 saturated heterocycles. The summed E-state index contributed by atoms with van der Waals surface area (Å²) in [4.78, 5) is 0. The fraction of sp³-hybridized carbons (Fsp3) is 0.0625. The van der Waals surface area contributed by atoms with E-state index in [9.17, 15) is 13.2 Å². The monoisotopic (exact) mass is 369 g/mol. The minimum atomic E-state index is -4.27. The van der Waals surface area contributed by atoms with Gasteiger partial charge in [-0.05, 0) is 0 Å². The summed E-state index contributed by atoms with van der Waals surface area (Å²) < 4.78 is 44.3. The van der Waals surface area contributed by atoms with Crippen LogP contribution in [-0.4, -0.2) is 25.2 Å². The molecule has 0 N–H and O–H groups in total. The van der Waals surface area contributed by atoms with E-state index in [1.807, 2.05) is 0 Å². The SMILES string of the molecule is FC(F)(F)[Se]c1c(-c2ccccc2)noc1-c1ccccc1. The molecule has 0 atom stereocenters. The fourth-order valence-electron chi connectivity index (χ4n) is 2.05. The summed E-state index contributed by atoms with van der Waals surface area (Å²) in [5.41, 5.74) is 1.48. The molecule has 0 amide bonds. The summed E-state index contributed by atoms with van der Waals surface area (Å²) in [6.45, 7) is 0. The van der Waals surface area contributed by atoms with Crippen molar-refractivity contribution in [1.82, 2.24) is 5.16 Å². The van der Waals surface area contributed by atoms with Crippen LogP contribution in [0.5, 0.6) is 0 Å². The zero-order valence-electron chi connectivity index (χ0n) is 11.2. The predicted molar refractivity (Wildman–Crippen MR) is 78.8 cm³/mol. The molecule has 6 heteroatoms. The number of nitrogens with zero attached hydrogens (tertiary/aromatic N) is 1. The van der Waals surface area contributed by atoms with E-state index in [1.165, 1.54) is 0 Å². The number of hydrogen-bond donors (Lipinski definition) is 0. The number of halogens is 3. The first-order valence-electron chi connectivity index (χ1n) is 6.41. The van der Waals surface area contributed by atoms with Crippen LogP contribution in [0.4, 0.5) is 13.2 Å². The van der Waals surface area contributed by atoms with E-state index < -0.39 is 20.0 Å². The maximum absolute atomic E-state index is 13.0. The summed E-state index contributed by atoms with van der Waals surface area (Å²) in [7, 11) is 0. The van der Waals surface area contributed by atoms with Gasteiger partial charge in [0, 0.05) is 0 Å². The zero-order chi connectivity index (χ0) is 15.6. The first kappa shape index (κ1) is 14.9. The van der Waals surface area contributed by atoms with Crippen molar-refractivity contribution in [2.75, 3.05) is 0 Å². The molecular formula is C16H10F3NOSe. The number of aromatic nitrogens is 1. The third-order valence-corrected chi connectivity index (χ3v) is 4.66. The van der Waals surface area contributed by atoms with E-state index in [4.69, 9.17) is 4.52 Å². The Morgan fingerprint density at radius 1 is 0.818 bits per heavy atom. The van der Waals surface area contributed by atoms with Crippen molar-refractivity contribution < 1.29 is 17.7 Å². The van der Waals surface area contributed by atoms with Crippen molar-refractivity contribution in [2.45, 2.75) is 5.07 Å². The summed E-state index contributed by atoms with van der Waals surface area (Å²) >= 11 is -1.73. The van der Waals surface area contributed by atoms with Gasteiger partial charge in [0.15, 0.2) is 0 Å². The van der Waals surface area contributed by atoms with Crippen LogP contribution in [0.2, 0.25) is 0 Å². The Hall–Kier alpha value is -2.04. The van der Waals surface area contributed by atoms with Gasteiger partial charge >= 0.3 is 131 Å². The van der Waals surface area contributed by atoms with E-state index in [2.05, 4.69) is 5.16 Å². The molecule has 0 saturated carbocycles. The summed E-state index contributed by atoms with van der Waals surface area (Å²) in [6, 6.07) is 17.5. The topological polar surface area (TPSA) is 26.0 Å². The van der Waals surface area contributed by atoms with Crippen molar-refractivity contribution in [2.24, 2.45) is 0 Å². The molecule has 0 aliphatic rings. The van der Waals surface area contributed by atoms with Gasteiger partial charge in [0.25, 0.3) is 0 Å². The predicted octanol–water partition coefficient (Wildman–Crippen LogP) is 3.86. The van der Waals surface area contributed by atoms with E-state index >= 15 is 0 Å². The Morgan fingerprint density at radius 3 is 1.91 bits per heavy atom. The Labute approximate surface area is 131 Å². The number of rotatable bonds is 3. The Bertz CT molecular complexity index is 697. The summed E-state index contributed by atoms with van der Waals surface area (Å²) in [5, 5.41) is -0.385. The molecule has 0 bridgehead atoms. The average Bonchev–Trinajstić information content (AvgIpc) is 2.90. The van der Waals surface area contributed by atoms with Gasteiger partial charge < -0.3 is 0 Å². The summed E-state index contributed by atoms with van der Waals surface area (Å²) in [6.07, 6.45) is 0. The molecule has 3 aromatic rings. The van der Waals surface area contributed by atoms with Crippen LogP contribution in [0.25, 0.3) is 22.6 Å². The van der Waals surface area contributed by atoms with Crippen molar-refractivity contribution in [3.63, 3.8) is 0 Å². The van der Waals surface area contributed by atoms with E-state index in [0.29, 0.717) is 11.1 Å². The van der Waals surface area contributed by atoms with Gasteiger partial charge in [-0.1, -0.05) is 0 Å². The van der Waals surface area contributed by atoms with Crippen LogP contribution in [0, 0.1) is 0 Å². The average molecular weight is 368 g/mol. The van der Waals surface area contributed by atoms with Gasteiger partial charge in [-0.25, -0.2) is 0 Å². The standard InChI is InChI=1S/C16H10F3NOSe/c17-16(18,19)22-15-13(11-7-3-1-4-8-11)20-21-14(15)12-9-5-2-6-10-12/h1-10H. The number of hydrogen-bond acceptors (Lipinski definition) is 2. The van der Waals surface area contributed by atoms with Crippen molar-refractivity contribution in [1.29, 1.82) is 0 Å². The third-order valence-electron chi connectivity index (χ3n) is 2.95. The Kier molecular flexibility index (Phi) is 4.05. The molecule has 0 aliphatic heterocycles. The van der Waals surface area contributed by atoms with Gasteiger partial charge in [0.2, 0.25) is 0 Å². The molecule has 1 aromatic heterocycles. The fourth-order valence-corrected chi connectivity index (χ4v) is 3.58. The van der Waals surface area contributed by atoms with Gasteiger partial charge in [-0.3, -0.25) is 0 Å². The van der Waals surface area contributed by atoms with Crippen LogP contribution in [0.3, 0.4) is 0 Å². The number of benzene rings is 2.